The van der Waals surface area contributed by atoms with Crippen LogP contribution in [0.2, 0.25) is 0 Å². The van der Waals surface area contributed by atoms with Gasteiger partial charge in [-0.1, -0.05) is 13.3 Å². The van der Waals surface area contributed by atoms with Crippen LogP contribution >= 0.6 is 0 Å². The summed E-state index contributed by atoms with van der Waals surface area (Å²) in [6.07, 6.45) is 0.612. The third-order valence-electron chi connectivity index (χ3n) is 2.82. The van der Waals surface area contributed by atoms with E-state index in [0.717, 1.165) is 6.42 Å². The number of carbonyl (C=O) groups excluding carboxylic acids is 1. The van der Waals surface area contributed by atoms with Crippen molar-refractivity contribution >= 4 is 6.09 Å². The topological polar surface area (TPSA) is 59.0 Å². The van der Waals surface area contributed by atoms with Crippen molar-refractivity contribution in [3.63, 3.8) is 0 Å². The largest absolute Gasteiger partial charge is 0.444 e. The van der Waals surface area contributed by atoms with E-state index in [4.69, 9.17) is 9.47 Å². The molecule has 5 heteroatoms. The maximum Gasteiger partial charge on any atom is 0.410 e. The molecule has 1 heterocycles. The summed E-state index contributed by atoms with van der Waals surface area (Å²) in [6, 6.07) is -0.298. The predicted molar refractivity (Wildman–Crippen MR) is 68.5 cm³/mol. The summed E-state index contributed by atoms with van der Waals surface area (Å²) in [6.45, 7) is 8.86. The van der Waals surface area contributed by atoms with Crippen LogP contribution in [0.1, 0.15) is 40.5 Å². The minimum Gasteiger partial charge on any atom is -0.444 e. The summed E-state index contributed by atoms with van der Waals surface area (Å²) in [7, 11) is 0. The summed E-state index contributed by atoms with van der Waals surface area (Å²) in [5.41, 5.74) is -0.518. The van der Waals surface area contributed by atoms with E-state index >= 15 is 0 Å². The second kappa shape index (κ2) is 6.38. The van der Waals surface area contributed by atoms with Gasteiger partial charge in [0.2, 0.25) is 0 Å². The Labute approximate surface area is 109 Å². The van der Waals surface area contributed by atoms with Crippen LogP contribution in [-0.4, -0.2) is 53.6 Å². The molecule has 1 fully saturated rings. The third-order valence-corrected chi connectivity index (χ3v) is 2.82. The molecule has 0 radical (unpaired) electrons. The molecule has 0 saturated carbocycles. The highest BCUT2D eigenvalue weighted by atomic mass is 16.6. The Morgan fingerprint density at radius 3 is 2.78 bits per heavy atom. The molecule has 0 aromatic heterocycles. The number of ether oxygens (including phenoxy) is 2. The summed E-state index contributed by atoms with van der Waals surface area (Å²) >= 11 is 0. The van der Waals surface area contributed by atoms with Crippen LogP contribution in [0, 0.1) is 0 Å². The van der Waals surface area contributed by atoms with Crippen LogP contribution in [-0.2, 0) is 9.47 Å². The molecule has 2 unspecified atom stereocenters. The van der Waals surface area contributed by atoms with E-state index in [-0.39, 0.29) is 12.1 Å². The Kier molecular flexibility index (Phi) is 5.41. The third kappa shape index (κ3) is 4.46. The number of amides is 1. The van der Waals surface area contributed by atoms with Crippen molar-refractivity contribution in [2.75, 3.05) is 19.8 Å². The van der Waals surface area contributed by atoms with Crippen molar-refractivity contribution in [3.05, 3.63) is 0 Å². The van der Waals surface area contributed by atoms with Crippen molar-refractivity contribution in [2.24, 2.45) is 0 Å². The molecule has 0 bridgehead atoms. The molecule has 0 aliphatic carbocycles. The van der Waals surface area contributed by atoms with Gasteiger partial charge in [0.15, 0.2) is 0 Å². The van der Waals surface area contributed by atoms with Gasteiger partial charge in [-0.15, -0.1) is 0 Å². The molecule has 1 aliphatic heterocycles. The summed E-state index contributed by atoms with van der Waals surface area (Å²) in [5, 5.41) is 10.1. The van der Waals surface area contributed by atoms with Gasteiger partial charge < -0.3 is 14.6 Å². The van der Waals surface area contributed by atoms with Crippen LogP contribution in [0.5, 0.6) is 0 Å². The number of morpholine rings is 1. The smallest absolute Gasteiger partial charge is 0.410 e. The van der Waals surface area contributed by atoms with Crippen molar-refractivity contribution < 1.29 is 19.4 Å². The molecule has 1 N–H and O–H groups in total. The molecule has 1 rings (SSSR count). The van der Waals surface area contributed by atoms with Crippen LogP contribution in [0.3, 0.4) is 0 Å². The fraction of sp³-hybridized carbons (Fsp3) is 0.923. The molecule has 0 spiro atoms. The van der Waals surface area contributed by atoms with Crippen LogP contribution < -0.4 is 0 Å². The Hall–Kier alpha value is -0.810. The van der Waals surface area contributed by atoms with Crippen molar-refractivity contribution in [1.29, 1.82) is 0 Å². The van der Waals surface area contributed by atoms with E-state index in [2.05, 4.69) is 0 Å². The fourth-order valence-corrected chi connectivity index (χ4v) is 1.98. The highest BCUT2D eigenvalue weighted by Gasteiger charge is 2.34. The Morgan fingerprint density at radius 2 is 2.22 bits per heavy atom. The van der Waals surface area contributed by atoms with Gasteiger partial charge >= 0.3 is 6.09 Å². The zero-order chi connectivity index (χ0) is 13.8. The fourth-order valence-electron chi connectivity index (χ4n) is 1.98. The lowest BCUT2D eigenvalue weighted by molar-refractivity contribution is -0.0678. The molecule has 18 heavy (non-hydrogen) atoms. The predicted octanol–water partition coefficient (Wildman–Crippen LogP) is 1.78. The minimum atomic E-state index is -0.553. The average Bonchev–Trinajstić information content (AvgIpc) is 2.27. The number of carbonyl (C=O) groups is 1. The van der Waals surface area contributed by atoms with Crippen molar-refractivity contribution in [3.8, 4) is 0 Å². The molecular formula is C13H25NO4. The van der Waals surface area contributed by atoms with Crippen LogP contribution in [0.25, 0.3) is 0 Å². The minimum absolute atomic E-state index is 0.298. The molecule has 106 valence electrons. The molecule has 2 atom stereocenters. The van der Waals surface area contributed by atoms with Gasteiger partial charge in [-0.3, -0.25) is 4.90 Å². The first kappa shape index (κ1) is 15.2. The summed E-state index contributed by atoms with van der Waals surface area (Å²) in [4.78, 5) is 13.7. The van der Waals surface area contributed by atoms with E-state index in [1.165, 1.54) is 0 Å². The van der Waals surface area contributed by atoms with Gasteiger partial charge in [0.25, 0.3) is 0 Å². The number of nitrogens with zero attached hydrogens (tertiary/aromatic N) is 1. The molecule has 1 saturated heterocycles. The molecule has 1 amide bonds. The second-order valence-corrected chi connectivity index (χ2v) is 5.67. The summed E-state index contributed by atoms with van der Waals surface area (Å²) < 4.78 is 10.7. The molecule has 5 nitrogen and oxygen atoms in total. The highest BCUT2D eigenvalue weighted by molar-refractivity contribution is 5.68. The number of aliphatic hydroxyl groups is 1. The number of aliphatic hydroxyl groups excluding tert-OH is 1. The first-order valence-electron chi connectivity index (χ1n) is 6.60. The quantitative estimate of drug-likeness (QED) is 0.839. The van der Waals surface area contributed by atoms with Gasteiger partial charge in [0, 0.05) is 6.54 Å². The lowest BCUT2D eigenvalue weighted by atomic mass is 10.0. The Bertz CT molecular complexity index is 275. The highest BCUT2D eigenvalue weighted by Crippen LogP contribution is 2.18. The molecule has 0 aromatic rings. The van der Waals surface area contributed by atoms with Gasteiger partial charge in [0.1, 0.15) is 5.60 Å². The van der Waals surface area contributed by atoms with E-state index < -0.39 is 11.7 Å². The average molecular weight is 259 g/mol. The lowest BCUT2D eigenvalue weighted by Crippen LogP contribution is -2.55. The number of hydrogen-bond donors (Lipinski definition) is 1. The second-order valence-electron chi connectivity index (χ2n) is 5.67. The first-order valence-corrected chi connectivity index (χ1v) is 6.60. The molecule has 1 aliphatic rings. The normalized spacial score (nSPS) is 22.7. The van der Waals surface area contributed by atoms with E-state index in [0.29, 0.717) is 26.2 Å². The van der Waals surface area contributed by atoms with Crippen molar-refractivity contribution in [2.45, 2.75) is 58.3 Å². The SMILES string of the molecule is CCCC(O)C1COCCN1C(=O)OC(C)(C)C. The number of hydrogen-bond acceptors (Lipinski definition) is 4. The zero-order valence-corrected chi connectivity index (χ0v) is 11.8. The maximum absolute atomic E-state index is 12.1. The lowest BCUT2D eigenvalue weighted by Gasteiger charge is -2.38. The van der Waals surface area contributed by atoms with Crippen molar-refractivity contribution in [1.82, 2.24) is 4.90 Å². The standard InChI is InChI=1S/C13H25NO4/c1-5-6-11(15)10-9-17-8-7-14(10)12(16)18-13(2,3)4/h10-11,15H,5-9H2,1-4H3. The Balaban J connectivity index is 2.67. The zero-order valence-electron chi connectivity index (χ0n) is 11.8. The van der Waals surface area contributed by atoms with Crippen LogP contribution in [0.4, 0.5) is 4.79 Å². The van der Waals surface area contributed by atoms with E-state index in [1.54, 1.807) is 4.90 Å². The molecular weight excluding hydrogens is 234 g/mol. The first-order chi connectivity index (χ1) is 8.35. The number of rotatable bonds is 3. The summed E-state index contributed by atoms with van der Waals surface area (Å²) in [5.74, 6) is 0. The van der Waals surface area contributed by atoms with Crippen LogP contribution in [0.15, 0.2) is 0 Å². The Morgan fingerprint density at radius 1 is 1.56 bits per heavy atom. The van der Waals surface area contributed by atoms with E-state index in [9.17, 15) is 9.90 Å². The maximum atomic E-state index is 12.1. The molecule has 0 aromatic carbocycles. The monoisotopic (exact) mass is 259 g/mol. The van der Waals surface area contributed by atoms with Gasteiger partial charge in [0.05, 0.1) is 25.4 Å². The van der Waals surface area contributed by atoms with Gasteiger partial charge in [-0.2, -0.15) is 0 Å². The van der Waals surface area contributed by atoms with Gasteiger partial charge in [-0.05, 0) is 27.2 Å². The van der Waals surface area contributed by atoms with E-state index in [1.807, 2.05) is 27.7 Å². The van der Waals surface area contributed by atoms with Gasteiger partial charge in [-0.25, -0.2) is 4.79 Å².